The number of guanidine groups is 1. The van der Waals surface area contributed by atoms with Crippen molar-refractivity contribution in [3.63, 3.8) is 0 Å². The van der Waals surface area contributed by atoms with Crippen molar-refractivity contribution in [2.75, 3.05) is 25.2 Å². The molecule has 0 saturated carbocycles. The number of primary amides is 2. The van der Waals surface area contributed by atoms with Gasteiger partial charge in [-0.2, -0.15) is 11.8 Å². The highest BCUT2D eigenvalue weighted by Crippen LogP contribution is 2.12. The number of amides is 10. The van der Waals surface area contributed by atoms with E-state index in [4.69, 9.17) is 28.7 Å². The third kappa shape index (κ3) is 23.8. The topological polar surface area (TPSA) is 487 Å². The fourth-order valence-corrected chi connectivity index (χ4v) is 6.67. The van der Waals surface area contributed by atoms with Gasteiger partial charge in [0.1, 0.15) is 48.3 Å². The molecule has 0 saturated heterocycles. The summed E-state index contributed by atoms with van der Waals surface area (Å²) in [6.07, 6.45) is -0.777. The zero-order valence-corrected chi connectivity index (χ0v) is 41.4. The van der Waals surface area contributed by atoms with Crippen LogP contribution >= 0.6 is 11.8 Å². The lowest BCUT2D eigenvalue weighted by atomic mass is 9.96. The van der Waals surface area contributed by atoms with Gasteiger partial charge in [0.15, 0.2) is 5.96 Å². The maximum absolute atomic E-state index is 13.8. The molecule has 0 fully saturated rings. The van der Waals surface area contributed by atoms with Crippen molar-refractivity contribution in [3.05, 3.63) is 0 Å². The molecule has 0 bridgehead atoms. The molecule has 0 radical (unpaired) electrons. The number of hydrogen-bond acceptors (Lipinski definition) is 16. The number of thioether (sulfide) groups is 1. The Morgan fingerprint density at radius 2 is 1.07 bits per heavy atom. The van der Waals surface area contributed by atoms with E-state index in [0.717, 1.165) is 6.92 Å². The highest BCUT2D eigenvalue weighted by molar-refractivity contribution is 7.98. The first-order chi connectivity index (χ1) is 32.6. The molecule has 0 aromatic heterocycles. The highest BCUT2D eigenvalue weighted by atomic mass is 32.2. The van der Waals surface area contributed by atoms with Crippen LogP contribution in [-0.4, -0.2) is 172 Å². The lowest BCUT2D eigenvalue weighted by Crippen LogP contribution is -2.62. The number of aliphatic imine (C=N–C) groups is 1. The monoisotopic (exact) mass is 1020 g/mol. The number of aliphatic carboxylic acids is 1. The van der Waals surface area contributed by atoms with Crippen LogP contribution < -0.4 is 71.2 Å². The van der Waals surface area contributed by atoms with Crippen molar-refractivity contribution in [2.45, 2.75) is 147 Å². The maximum atomic E-state index is 13.8. The molecule has 0 aliphatic carbocycles. The van der Waals surface area contributed by atoms with Crippen molar-refractivity contribution >= 4 is 82.8 Å². The van der Waals surface area contributed by atoms with E-state index < -0.39 is 157 Å². The molecule has 29 heteroatoms. The molecule has 0 aromatic rings. The van der Waals surface area contributed by atoms with E-state index in [1.165, 1.54) is 18.7 Å². The van der Waals surface area contributed by atoms with Crippen molar-refractivity contribution in [1.29, 1.82) is 0 Å². The number of nitrogens with two attached hydrogens (primary N) is 5. The van der Waals surface area contributed by atoms with Crippen molar-refractivity contribution in [2.24, 2.45) is 45.5 Å². The Morgan fingerprint density at radius 3 is 1.56 bits per heavy atom. The fraction of sp³-hybridized carbons (Fsp3) is 0.707. The molecule has 0 unspecified atom stereocenters. The quantitative estimate of drug-likeness (QED) is 0.0162. The van der Waals surface area contributed by atoms with Gasteiger partial charge in [-0.05, 0) is 63.4 Å². The minimum Gasteiger partial charge on any atom is -0.480 e. The van der Waals surface area contributed by atoms with Gasteiger partial charge in [0.25, 0.3) is 0 Å². The summed E-state index contributed by atoms with van der Waals surface area (Å²) in [4.78, 5) is 146. The van der Waals surface area contributed by atoms with E-state index in [1.54, 1.807) is 34.0 Å². The molecule has 28 nitrogen and oxygen atoms in total. The Labute approximate surface area is 410 Å². The summed E-state index contributed by atoms with van der Waals surface area (Å²) in [7, 11) is 0. The molecule has 0 aliphatic heterocycles. The number of aliphatic hydroxyl groups is 2. The van der Waals surface area contributed by atoms with E-state index in [1.807, 2.05) is 0 Å². The second kappa shape index (κ2) is 32.5. The predicted molar refractivity (Wildman–Crippen MR) is 255 cm³/mol. The average Bonchev–Trinajstić information content (AvgIpc) is 3.27. The lowest BCUT2D eigenvalue weighted by molar-refractivity contribution is -0.143. The first-order valence-electron chi connectivity index (χ1n) is 22.4. The number of carbonyl (C=O) groups excluding carboxylic acids is 10. The zero-order chi connectivity index (χ0) is 54.0. The van der Waals surface area contributed by atoms with Crippen LogP contribution in [0, 0.1) is 11.8 Å². The molecule has 0 spiro atoms. The SMILES string of the molecule is CC[C@H](C)[C@H](NC(=O)[C@@H](N)CC(N)=O)C(=O)N[C@H](C(=O)N[C@@H](CCC(N)=O)C(=O)N[C@@H](CCSC)C(=O)N[C@@H](CO)C(=O)N[C@@H](C)C(=O)N[C@H](C(=O)N[C@@H](CCCN=C(N)N)C(=O)O)[C@@H](C)O)C(C)C. The summed E-state index contributed by atoms with van der Waals surface area (Å²) in [5.74, 6) is -11.9. The summed E-state index contributed by atoms with van der Waals surface area (Å²) in [6, 6.07) is -13.2. The molecule has 11 atom stereocenters. The van der Waals surface area contributed by atoms with Crippen LogP contribution in [0.5, 0.6) is 0 Å². The van der Waals surface area contributed by atoms with Gasteiger partial charge in [0.05, 0.1) is 25.2 Å². The molecule has 0 rings (SSSR count). The predicted octanol–water partition coefficient (Wildman–Crippen LogP) is -6.68. The Balaban J connectivity index is 6.19. The third-order valence-corrected chi connectivity index (χ3v) is 11.2. The number of carboxylic acids is 1. The number of aliphatic hydroxyl groups excluding tert-OH is 2. The van der Waals surface area contributed by atoms with E-state index in [9.17, 15) is 68.1 Å². The van der Waals surface area contributed by atoms with Gasteiger partial charge in [0.2, 0.25) is 59.1 Å². The smallest absolute Gasteiger partial charge is 0.326 e. The molecule has 0 heterocycles. The third-order valence-electron chi connectivity index (χ3n) is 10.5. The normalized spacial score (nSPS) is 15.8. The van der Waals surface area contributed by atoms with Crippen LogP contribution in [-0.2, 0) is 52.7 Å². The number of hydrogen-bond donors (Lipinski definition) is 16. The van der Waals surface area contributed by atoms with Crippen molar-refractivity contribution in [1.82, 2.24) is 42.5 Å². The Hall–Kier alpha value is -6.33. The van der Waals surface area contributed by atoms with Gasteiger partial charge in [0, 0.05) is 13.0 Å². The van der Waals surface area contributed by atoms with Gasteiger partial charge < -0.3 is 86.5 Å². The van der Waals surface area contributed by atoms with Crippen molar-refractivity contribution < 1.29 is 68.1 Å². The lowest BCUT2D eigenvalue weighted by Gasteiger charge is -2.30. The highest BCUT2D eigenvalue weighted by Gasteiger charge is 2.36. The summed E-state index contributed by atoms with van der Waals surface area (Å²) in [5.41, 5.74) is 26.8. The van der Waals surface area contributed by atoms with Gasteiger partial charge in [-0.25, -0.2) is 4.79 Å². The van der Waals surface area contributed by atoms with E-state index in [2.05, 4.69) is 47.5 Å². The molecule has 398 valence electrons. The summed E-state index contributed by atoms with van der Waals surface area (Å²) in [5, 5.41) is 49.0. The molecular formula is C41H74N14O14S. The first kappa shape index (κ1) is 63.7. The number of nitrogens with one attached hydrogen (secondary N) is 8. The van der Waals surface area contributed by atoms with Crippen molar-refractivity contribution in [3.8, 4) is 0 Å². The Kier molecular flexibility index (Phi) is 29.5. The molecule has 0 aromatic carbocycles. The zero-order valence-electron chi connectivity index (χ0n) is 40.6. The minimum absolute atomic E-state index is 0.0611. The average molecular weight is 1020 g/mol. The van der Waals surface area contributed by atoms with Gasteiger partial charge >= 0.3 is 5.97 Å². The van der Waals surface area contributed by atoms with Crippen LogP contribution in [0.3, 0.4) is 0 Å². The second-order valence-corrected chi connectivity index (χ2v) is 17.8. The number of carboxylic acid groups (broad SMARTS) is 1. The van der Waals surface area contributed by atoms with Gasteiger partial charge in [-0.15, -0.1) is 0 Å². The Bertz CT molecular complexity index is 1850. The van der Waals surface area contributed by atoms with Crippen LogP contribution in [0.15, 0.2) is 4.99 Å². The molecule has 0 aliphatic rings. The number of carbonyl (C=O) groups is 11. The van der Waals surface area contributed by atoms with Crippen LogP contribution in [0.25, 0.3) is 0 Å². The summed E-state index contributed by atoms with van der Waals surface area (Å²) >= 11 is 1.28. The van der Waals surface area contributed by atoms with Crippen LogP contribution in [0.1, 0.15) is 86.5 Å². The minimum atomic E-state index is -1.73. The molecule has 10 amide bonds. The van der Waals surface area contributed by atoms with Gasteiger partial charge in [-0.1, -0.05) is 34.1 Å². The number of rotatable bonds is 34. The van der Waals surface area contributed by atoms with Gasteiger partial charge in [-0.3, -0.25) is 52.9 Å². The maximum Gasteiger partial charge on any atom is 0.326 e. The van der Waals surface area contributed by atoms with E-state index in [-0.39, 0.29) is 43.9 Å². The summed E-state index contributed by atoms with van der Waals surface area (Å²) < 4.78 is 0. The molecular weight excluding hydrogens is 945 g/mol. The first-order valence-corrected chi connectivity index (χ1v) is 23.8. The standard InChI is InChI=1S/C41H74N14O14S/c1-8-19(4)30(54-33(61)22(42)16-28(44)59)38(66)53-29(18(2)3)37(65)50-23(11-12-27(43)58)34(62)49-24(13-15-70-7)35(63)52-26(17-56)36(64)48-20(5)32(60)55-31(21(6)57)39(67)51-25(40(68)69)10-9-14-47-41(45)46/h18-26,29-31,56-57H,8-17,42H2,1-7H3,(H2,43,58)(H2,44,59)(H,48,64)(H,49,62)(H,50,65)(H,51,67)(H,52,63)(H,53,66)(H,54,61)(H,55,60)(H,68,69)(H4,45,46,47)/t19-,20-,21+,22-,23-,24-,25-,26-,29-,30-,31-/m0/s1. The largest absolute Gasteiger partial charge is 0.480 e. The van der Waals surface area contributed by atoms with Crippen LogP contribution in [0.4, 0.5) is 0 Å². The fourth-order valence-electron chi connectivity index (χ4n) is 6.20. The molecule has 21 N–H and O–H groups in total. The van der Waals surface area contributed by atoms with E-state index in [0.29, 0.717) is 6.42 Å². The van der Waals surface area contributed by atoms with E-state index >= 15 is 0 Å². The number of nitrogens with zero attached hydrogens (tertiary/aromatic N) is 1. The van der Waals surface area contributed by atoms with Crippen LogP contribution in [0.2, 0.25) is 0 Å². The second-order valence-electron chi connectivity index (χ2n) is 16.8. The Morgan fingerprint density at radius 1 is 0.586 bits per heavy atom. The summed E-state index contributed by atoms with van der Waals surface area (Å²) in [6.45, 7) is 7.93. The molecule has 70 heavy (non-hydrogen) atoms.